The number of nitrogens with zero attached hydrogens (tertiary/aromatic N) is 2. The van der Waals surface area contributed by atoms with Crippen molar-refractivity contribution in [1.29, 1.82) is 0 Å². The molecule has 2 heterocycles. The summed E-state index contributed by atoms with van der Waals surface area (Å²) in [6, 6.07) is 0.562. The lowest BCUT2D eigenvalue weighted by molar-refractivity contribution is 0.163. The third-order valence-corrected chi connectivity index (χ3v) is 3.74. The summed E-state index contributed by atoms with van der Waals surface area (Å²) in [5.74, 6) is 0.975. The van der Waals surface area contributed by atoms with Crippen LogP contribution in [0.3, 0.4) is 0 Å². The van der Waals surface area contributed by atoms with Gasteiger partial charge in [-0.05, 0) is 20.8 Å². The maximum atomic E-state index is 5.46. The maximum Gasteiger partial charge on any atom is 0.128 e. The molecule has 2 rings (SSSR count). The zero-order chi connectivity index (χ0) is 13.1. The predicted molar refractivity (Wildman–Crippen MR) is 87.5 cm³/mol. The van der Waals surface area contributed by atoms with E-state index >= 15 is 0 Å². The van der Waals surface area contributed by atoms with Crippen LogP contribution in [0.4, 0.5) is 0 Å². The van der Waals surface area contributed by atoms with Crippen LogP contribution in [0.1, 0.15) is 23.7 Å². The molecular weight excluding hydrogens is 297 g/mol. The molecule has 1 aromatic heterocycles. The Labute approximate surface area is 134 Å². The van der Waals surface area contributed by atoms with Gasteiger partial charge in [0, 0.05) is 49.5 Å². The van der Waals surface area contributed by atoms with E-state index in [2.05, 4.69) is 29.0 Å². The highest BCUT2D eigenvalue weighted by Gasteiger charge is 2.20. The van der Waals surface area contributed by atoms with E-state index in [0.717, 1.165) is 43.2 Å². The Balaban J connectivity index is 0.00000180. The van der Waals surface area contributed by atoms with E-state index in [0.29, 0.717) is 6.04 Å². The van der Waals surface area contributed by atoms with Crippen LogP contribution in [0.25, 0.3) is 0 Å². The monoisotopic (exact) mass is 321 g/mol. The van der Waals surface area contributed by atoms with Crippen LogP contribution >= 0.6 is 24.8 Å². The molecule has 1 atom stereocenters. The second-order valence-electron chi connectivity index (χ2n) is 5.07. The van der Waals surface area contributed by atoms with Crippen molar-refractivity contribution >= 4 is 24.8 Å². The largest absolute Gasteiger partial charge is 0.496 e. The van der Waals surface area contributed by atoms with Crippen LogP contribution in [0.5, 0.6) is 5.75 Å². The fourth-order valence-electron chi connectivity index (χ4n) is 2.54. The number of pyridine rings is 1. The van der Waals surface area contributed by atoms with Gasteiger partial charge in [-0.3, -0.25) is 9.88 Å². The summed E-state index contributed by atoms with van der Waals surface area (Å²) in [5.41, 5.74) is 3.40. The Morgan fingerprint density at radius 1 is 1.40 bits per heavy atom. The van der Waals surface area contributed by atoms with E-state index in [9.17, 15) is 0 Å². The van der Waals surface area contributed by atoms with Gasteiger partial charge < -0.3 is 10.1 Å². The molecule has 1 aromatic rings. The molecule has 0 unspecified atom stereocenters. The van der Waals surface area contributed by atoms with Gasteiger partial charge >= 0.3 is 0 Å². The van der Waals surface area contributed by atoms with Gasteiger partial charge in [-0.1, -0.05) is 0 Å². The van der Waals surface area contributed by atoms with Crippen molar-refractivity contribution in [1.82, 2.24) is 15.2 Å². The Hall–Kier alpha value is -0.550. The van der Waals surface area contributed by atoms with E-state index in [-0.39, 0.29) is 24.8 Å². The lowest BCUT2D eigenvalue weighted by Crippen LogP contribution is -2.49. The second kappa shape index (κ2) is 8.67. The standard InChI is InChI=1S/C14H23N3O.2ClH/c1-10-7-16-13(12(3)14(10)18-4)9-17-6-5-15-8-11(17)2;;/h7,11,15H,5-6,8-9H2,1-4H3;2*1H/t11-;;/m0../s1. The van der Waals surface area contributed by atoms with Gasteiger partial charge in [0.15, 0.2) is 0 Å². The third-order valence-electron chi connectivity index (χ3n) is 3.74. The molecule has 116 valence electrons. The first kappa shape index (κ1) is 19.4. The third kappa shape index (κ3) is 4.22. The van der Waals surface area contributed by atoms with Crippen LogP contribution in [-0.2, 0) is 6.54 Å². The van der Waals surface area contributed by atoms with Gasteiger partial charge in [-0.25, -0.2) is 0 Å². The summed E-state index contributed by atoms with van der Waals surface area (Å²) in [6.07, 6.45) is 1.91. The molecule has 1 saturated heterocycles. The minimum atomic E-state index is 0. The van der Waals surface area contributed by atoms with Crippen molar-refractivity contribution < 1.29 is 4.74 Å². The zero-order valence-electron chi connectivity index (χ0n) is 12.6. The number of ether oxygens (including phenoxy) is 1. The predicted octanol–water partition coefficient (Wildman–Crippen LogP) is 2.34. The molecular formula is C14H25Cl2N3O. The minimum absolute atomic E-state index is 0. The van der Waals surface area contributed by atoms with Gasteiger partial charge in [-0.2, -0.15) is 0 Å². The molecule has 1 N–H and O–H groups in total. The minimum Gasteiger partial charge on any atom is -0.496 e. The average molecular weight is 322 g/mol. The van der Waals surface area contributed by atoms with Gasteiger partial charge in [0.25, 0.3) is 0 Å². The normalized spacial score (nSPS) is 18.9. The van der Waals surface area contributed by atoms with Gasteiger partial charge in [0.05, 0.1) is 12.8 Å². The molecule has 1 aliphatic heterocycles. The Bertz CT molecular complexity index is 429. The molecule has 0 saturated carbocycles. The van der Waals surface area contributed by atoms with Crippen molar-refractivity contribution in [2.45, 2.75) is 33.4 Å². The Kier molecular flexibility index (Phi) is 8.44. The van der Waals surface area contributed by atoms with Crippen molar-refractivity contribution in [3.05, 3.63) is 23.0 Å². The molecule has 1 aliphatic rings. The van der Waals surface area contributed by atoms with E-state index < -0.39 is 0 Å². The first-order valence-corrected chi connectivity index (χ1v) is 6.57. The number of methoxy groups -OCH3 is 1. The van der Waals surface area contributed by atoms with Crippen LogP contribution < -0.4 is 10.1 Å². The second-order valence-corrected chi connectivity index (χ2v) is 5.07. The number of rotatable bonds is 3. The van der Waals surface area contributed by atoms with E-state index in [1.807, 2.05) is 13.1 Å². The van der Waals surface area contributed by atoms with Crippen LogP contribution in [0.15, 0.2) is 6.20 Å². The molecule has 0 aliphatic carbocycles. The average Bonchev–Trinajstić information content (AvgIpc) is 2.36. The SMILES string of the molecule is COc1c(C)cnc(CN2CCNC[C@@H]2C)c1C.Cl.Cl. The zero-order valence-corrected chi connectivity index (χ0v) is 14.2. The van der Waals surface area contributed by atoms with Gasteiger partial charge in [0.1, 0.15) is 5.75 Å². The van der Waals surface area contributed by atoms with Crippen LogP contribution in [-0.4, -0.2) is 42.7 Å². The number of hydrogen-bond acceptors (Lipinski definition) is 4. The number of nitrogens with one attached hydrogen (secondary N) is 1. The molecule has 20 heavy (non-hydrogen) atoms. The van der Waals surface area contributed by atoms with Crippen LogP contribution in [0, 0.1) is 13.8 Å². The quantitative estimate of drug-likeness (QED) is 0.927. The van der Waals surface area contributed by atoms with Gasteiger partial charge in [0.2, 0.25) is 0 Å². The first-order chi connectivity index (χ1) is 8.63. The summed E-state index contributed by atoms with van der Waals surface area (Å²) >= 11 is 0. The number of aryl methyl sites for hydroxylation is 1. The van der Waals surface area contributed by atoms with E-state index in [4.69, 9.17) is 4.74 Å². The van der Waals surface area contributed by atoms with Crippen molar-refractivity contribution in [2.75, 3.05) is 26.7 Å². The topological polar surface area (TPSA) is 37.4 Å². The molecule has 4 nitrogen and oxygen atoms in total. The maximum absolute atomic E-state index is 5.46. The lowest BCUT2D eigenvalue weighted by Gasteiger charge is -2.34. The summed E-state index contributed by atoms with van der Waals surface area (Å²) in [6.45, 7) is 10.5. The summed E-state index contributed by atoms with van der Waals surface area (Å²) in [5, 5.41) is 3.41. The number of aromatic nitrogens is 1. The number of hydrogen-bond donors (Lipinski definition) is 1. The molecule has 1 fully saturated rings. The first-order valence-electron chi connectivity index (χ1n) is 6.57. The molecule has 6 heteroatoms. The fraction of sp³-hybridized carbons (Fsp3) is 0.643. The molecule has 0 spiro atoms. The smallest absolute Gasteiger partial charge is 0.128 e. The molecule has 0 aromatic carbocycles. The Morgan fingerprint density at radius 2 is 2.10 bits per heavy atom. The van der Waals surface area contributed by atoms with E-state index in [1.165, 1.54) is 5.56 Å². The highest BCUT2D eigenvalue weighted by molar-refractivity contribution is 5.85. The number of piperazine rings is 1. The summed E-state index contributed by atoms with van der Waals surface area (Å²) < 4.78 is 5.46. The Morgan fingerprint density at radius 3 is 2.70 bits per heavy atom. The van der Waals surface area contributed by atoms with Gasteiger partial charge in [-0.15, -0.1) is 24.8 Å². The van der Waals surface area contributed by atoms with Crippen LogP contribution in [0.2, 0.25) is 0 Å². The fourth-order valence-corrected chi connectivity index (χ4v) is 2.54. The molecule has 0 bridgehead atoms. The van der Waals surface area contributed by atoms with Crippen molar-refractivity contribution in [3.63, 3.8) is 0 Å². The lowest BCUT2D eigenvalue weighted by atomic mass is 10.1. The van der Waals surface area contributed by atoms with Crippen molar-refractivity contribution in [3.8, 4) is 5.75 Å². The number of halogens is 2. The molecule has 0 amide bonds. The van der Waals surface area contributed by atoms with E-state index in [1.54, 1.807) is 7.11 Å². The highest BCUT2D eigenvalue weighted by atomic mass is 35.5. The van der Waals surface area contributed by atoms with Crippen molar-refractivity contribution in [2.24, 2.45) is 0 Å². The summed E-state index contributed by atoms with van der Waals surface area (Å²) in [4.78, 5) is 7.05. The summed E-state index contributed by atoms with van der Waals surface area (Å²) in [7, 11) is 1.73. The highest BCUT2D eigenvalue weighted by Crippen LogP contribution is 2.25. The molecule has 0 radical (unpaired) electrons.